The van der Waals surface area contributed by atoms with Crippen molar-refractivity contribution in [1.29, 1.82) is 5.26 Å². The number of nitriles is 1. The minimum atomic E-state index is -3.52. The van der Waals surface area contributed by atoms with Crippen molar-refractivity contribution >= 4 is 10.0 Å². The molecule has 0 atom stereocenters. The zero-order valence-corrected chi connectivity index (χ0v) is 8.69. The van der Waals surface area contributed by atoms with Gasteiger partial charge >= 0.3 is 0 Å². The third-order valence-electron chi connectivity index (χ3n) is 1.98. The number of sulfonamides is 1. The molecule has 1 N–H and O–H groups in total. The molecule has 0 bridgehead atoms. The summed E-state index contributed by atoms with van der Waals surface area (Å²) < 4.78 is 24.5. The highest BCUT2D eigenvalue weighted by molar-refractivity contribution is 7.92. The Bertz CT molecular complexity index is 310. The van der Waals surface area contributed by atoms with E-state index in [-0.39, 0.29) is 0 Å². The van der Waals surface area contributed by atoms with Crippen molar-refractivity contribution in [1.82, 2.24) is 4.72 Å². The molecule has 0 aromatic heterocycles. The summed E-state index contributed by atoms with van der Waals surface area (Å²) in [4.78, 5) is 0. The van der Waals surface area contributed by atoms with Gasteiger partial charge in [-0.05, 0) is 12.8 Å². The molecule has 4 nitrogen and oxygen atoms in total. The van der Waals surface area contributed by atoms with Crippen LogP contribution in [0.25, 0.3) is 0 Å². The van der Waals surface area contributed by atoms with Crippen LogP contribution in [-0.2, 0) is 10.0 Å². The molecule has 13 heavy (non-hydrogen) atoms. The van der Waals surface area contributed by atoms with Gasteiger partial charge in [0, 0.05) is 5.41 Å². The van der Waals surface area contributed by atoms with E-state index in [1.54, 1.807) is 13.8 Å². The maximum absolute atomic E-state index is 11.1. The minimum Gasteiger partial charge on any atom is -0.208 e. The van der Waals surface area contributed by atoms with Crippen LogP contribution >= 0.6 is 0 Å². The van der Waals surface area contributed by atoms with Gasteiger partial charge in [0.15, 0.2) is 0 Å². The van der Waals surface area contributed by atoms with Crippen LogP contribution < -0.4 is 4.72 Å². The maximum Gasteiger partial charge on any atom is 0.234 e. The quantitative estimate of drug-likeness (QED) is 0.726. The Kier molecular flexibility index (Phi) is 4.11. The molecule has 0 aliphatic heterocycles. The lowest BCUT2D eigenvalue weighted by atomic mass is 9.97. The third kappa shape index (κ3) is 3.17. The minimum absolute atomic E-state index is 0.438. The average molecular weight is 202 g/mol. The van der Waals surface area contributed by atoms with Gasteiger partial charge in [-0.3, -0.25) is 0 Å². The van der Waals surface area contributed by atoms with Crippen LogP contribution in [0.1, 0.15) is 26.7 Å². The van der Waals surface area contributed by atoms with Crippen molar-refractivity contribution in [3.8, 4) is 6.07 Å². The highest BCUT2D eigenvalue weighted by Crippen LogP contribution is 2.15. The second-order valence-electron chi connectivity index (χ2n) is 2.71. The summed E-state index contributed by atoms with van der Waals surface area (Å²) >= 11 is 0. The van der Waals surface area contributed by atoms with Crippen molar-refractivity contribution in [2.45, 2.75) is 32.2 Å². The number of rotatable bonds is 5. The van der Waals surface area contributed by atoms with Gasteiger partial charge in [0.1, 0.15) is 5.54 Å². The molecule has 0 fully saturated rings. The first-order chi connectivity index (χ1) is 5.95. The summed E-state index contributed by atoms with van der Waals surface area (Å²) in [6.45, 7) is 6.68. The molecule has 0 saturated carbocycles. The molecule has 0 aromatic rings. The molecule has 0 unspecified atom stereocenters. The van der Waals surface area contributed by atoms with E-state index in [2.05, 4.69) is 11.3 Å². The monoisotopic (exact) mass is 202 g/mol. The molecule has 0 saturated heterocycles. The Hall–Kier alpha value is -0.860. The zero-order chi connectivity index (χ0) is 10.5. The second-order valence-corrected chi connectivity index (χ2v) is 4.34. The summed E-state index contributed by atoms with van der Waals surface area (Å²) in [5.41, 5.74) is -0.993. The molecule has 0 aliphatic rings. The standard InChI is InChI=1S/C8H14N2O2S/c1-4-8(5-2,7-9)10-13(11,12)6-3/h6,10H,3-5H2,1-2H3. The van der Waals surface area contributed by atoms with E-state index in [4.69, 9.17) is 5.26 Å². The van der Waals surface area contributed by atoms with Crippen LogP contribution in [0.5, 0.6) is 0 Å². The van der Waals surface area contributed by atoms with Crippen LogP contribution in [0, 0.1) is 11.3 Å². The van der Waals surface area contributed by atoms with Crippen molar-refractivity contribution < 1.29 is 8.42 Å². The summed E-state index contributed by atoms with van der Waals surface area (Å²) in [6.07, 6.45) is 0.875. The van der Waals surface area contributed by atoms with Gasteiger partial charge < -0.3 is 0 Å². The van der Waals surface area contributed by atoms with Gasteiger partial charge in [-0.1, -0.05) is 20.4 Å². The first-order valence-corrected chi connectivity index (χ1v) is 5.57. The van der Waals surface area contributed by atoms with Gasteiger partial charge in [-0.2, -0.15) is 9.98 Å². The van der Waals surface area contributed by atoms with E-state index in [1.165, 1.54) is 0 Å². The molecular weight excluding hydrogens is 188 g/mol. The van der Waals surface area contributed by atoms with E-state index >= 15 is 0 Å². The maximum atomic E-state index is 11.1. The molecule has 0 spiro atoms. The predicted molar refractivity (Wildman–Crippen MR) is 51.2 cm³/mol. The van der Waals surface area contributed by atoms with Crippen molar-refractivity contribution in [3.63, 3.8) is 0 Å². The fourth-order valence-electron chi connectivity index (χ4n) is 0.889. The Morgan fingerprint density at radius 3 is 2.23 bits per heavy atom. The van der Waals surface area contributed by atoms with E-state index in [0.29, 0.717) is 12.8 Å². The van der Waals surface area contributed by atoms with Gasteiger partial charge in [-0.15, -0.1) is 0 Å². The van der Waals surface area contributed by atoms with Crippen LogP contribution in [0.4, 0.5) is 0 Å². The topological polar surface area (TPSA) is 70.0 Å². The predicted octanol–water partition coefficient (Wildman–Crippen LogP) is 1.13. The van der Waals surface area contributed by atoms with Crippen LogP contribution in [0.15, 0.2) is 12.0 Å². The van der Waals surface area contributed by atoms with E-state index in [9.17, 15) is 8.42 Å². The number of hydrogen-bond acceptors (Lipinski definition) is 3. The van der Waals surface area contributed by atoms with E-state index in [0.717, 1.165) is 5.41 Å². The van der Waals surface area contributed by atoms with Gasteiger partial charge in [0.2, 0.25) is 10.0 Å². The lowest BCUT2D eigenvalue weighted by molar-refractivity contribution is 0.449. The number of hydrogen-bond donors (Lipinski definition) is 1. The second kappa shape index (κ2) is 4.40. The molecule has 5 heteroatoms. The fourth-order valence-corrected chi connectivity index (χ4v) is 1.85. The van der Waals surface area contributed by atoms with E-state index in [1.807, 2.05) is 6.07 Å². The Morgan fingerprint density at radius 2 is 2.00 bits per heavy atom. The largest absolute Gasteiger partial charge is 0.234 e. The normalized spacial score (nSPS) is 12.1. The molecule has 0 amide bonds. The molecule has 0 rings (SSSR count). The van der Waals surface area contributed by atoms with Crippen LogP contribution in [0.3, 0.4) is 0 Å². The molecule has 0 heterocycles. The smallest absolute Gasteiger partial charge is 0.208 e. The Balaban J connectivity index is 4.84. The van der Waals surface area contributed by atoms with Crippen LogP contribution in [0.2, 0.25) is 0 Å². The fraction of sp³-hybridized carbons (Fsp3) is 0.625. The van der Waals surface area contributed by atoms with Crippen molar-refractivity contribution in [3.05, 3.63) is 12.0 Å². The SMILES string of the molecule is C=CS(=O)(=O)NC(C#N)(CC)CC. The highest BCUT2D eigenvalue weighted by Gasteiger charge is 2.29. The highest BCUT2D eigenvalue weighted by atomic mass is 32.2. The number of nitrogens with one attached hydrogen (secondary N) is 1. The van der Waals surface area contributed by atoms with Crippen molar-refractivity contribution in [2.24, 2.45) is 0 Å². The summed E-state index contributed by atoms with van der Waals surface area (Å²) in [7, 11) is -3.52. The number of nitrogens with zero attached hydrogens (tertiary/aromatic N) is 1. The average Bonchev–Trinajstić information content (AvgIpc) is 2.14. The Labute approximate surface area is 79.3 Å². The van der Waals surface area contributed by atoms with Gasteiger partial charge in [0.05, 0.1) is 6.07 Å². The first-order valence-electron chi connectivity index (χ1n) is 4.03. The van der Waals surface area contributed by atoms with E-state index < -0.39 is 15.6 Å². The first kappa shape index (κ1) is 12.1. The summed E-state index contributed by atoms with van der Waals surface area (Å²) in [6, 6.07) is 1.97. The molecule has 0 radical (unpaired) electrons. The van der Waals surface area contributed by atoms with Crippen molar-refractivity contribution in [2.75, 3.05) is 0 Å². The summed E-state index contributed by atoms with van der Waals surface area (Å²) in [5.74, 6) is 0. The molecule has 0 aliphatic carbocycles. The molecule has 74 valence electrons. The van der Waals surface area contributed by atoms with Gasteiger partial charge in [0.25, 0.3) is 0 Å². The molecule has 0 aromatic carbocycles. The lowest BCUT2D eigenvalue weighted by Gasteiger charge is -2.23. The zero-order valence-electron chi connectivity index (χ0n) is 7.87. The van der Waals surface area contributed by atoms with Gasteiger partial charge in [-0.25, -0.2) is 8.42 Å². The summed E-state index contributed by atoms with van der Waals surface area (Å²) in [5, 5.41) is 9.63. The third-order valence-corrected chi connectivity index (χ3v) is 3.09. The van der Waals surface area contributed by atoms with Crippen LogP contribution in [-0.4, -0.2) is 14.0 Å². The Morgan fingerprint density at radius 1 is 1.54 bits per heavy atom. The lowest BCUT2D eigenvalue weighted by Crippen LogP contribution is -2.45. The molecular formula is C8H14N2O2S.